The van der Waals surface area contributed by atoms with Gasteiger partial charge >= 0.3 is 5.97 Å². The summed E-state index contributed by atoms with van der Waals surface area (Å²) in [7, 11) is 0. The molecule has 2 aromatic carbocycles. The Labute approximate surface area is 168 Å². The van der Waals surface area contributed by atoms with Gasteiger partial charge in [0, 0.05) is 12.2 Å². The first-order valence-corrected chi connectivity index (χ1v) is 9.49. The van der Waals surface area contributed by atoms with Gasteiger partial charge in [-0.15, -0.1) is 0 Å². The minimum atomic E-state index is -1.03. The molecule has 3 amide bonds. The van der Waals surface area contributed by atoms with Crippen LogP contribution in [0.5, 0.6) is 0 Å². The van der Waals surface area contributed by atoms with E-state index in [1.54, 1.807) is 24.3 Å². The summed E-state index contributed by atoms with van der Waals surface area (Å²) < 4.78 is 5.22. The van der Waals surface area contributed by atoms with E-state index in [4.69, 9.17) is 4.74 Å². The molecule has 29 heavy (non-hydrogen) atoms. The van der Waals surface area contributed by atoms with E-state index in [-0.39, 0.29) is 22.6 Å². The van der Waals surface area contributed by atoms with Crippen LogP contribution in [0.4, 0.5) is 5.69 Å². The normalized spacial score (nSPS) is 13.8. The number of hydrogen-bond acceptors (Lipinski definition) is 5. The predicted molar refractivity (Wildman–Crippen MR) is 107 cm³/mol. The highest BCUT2D eigenvalue weighted by atomic mass is 16.5. The zero-order valence-electron chi connectivity index (χ0n) is 16.3. The number of carbonyl (C=O) groups excluding carboxylic acids is 4. The molecule has 0 spiro atoms. The Morgan fingerprint density at radius 2 is 1.72 bits per heavy atom. The van der Waals surface area contributed by atoms with Crippen molar-refractivity contribution in [1.29, 1.82) is 0 Å². The molecule has 7 heteroatoms. The summed E-state index contributed by atoms with van der Waals surface area (Å²) in [5, 5.41) is 2.66. The van der Waals surface area contributed by atoms with Crippen molar-refractivity contribution in [3.8, 4) is 0 Å². The second-order valence-corrected chi connectivity index (χ2v) is 6.78. The second kappa shape index (κ2) is 8.68. The van der Waals surface area contributed by atoms with Crippen LogP contribution in [0.2, 0.25) is 0 Å². The summed E-state index contributed by atoms with van der Waals surface area (Å²) in [5.74, 6) is -1.98. The Bertz CT molecular complexity index is 955. The first-order chi connectivity index (χ1) is 13.9. The molecule has 1 aliphatic rings. The van der Waals surface area contributed by atoms with E-state index in [9.17, 15) is 19.2 Å². The first-order valence-electron chi connectivity index (χ1n) is 9.49. The van der Waals surface area contributed by atoms with Crippen LogP contribution in [-0.2, 0) is 9.53 Å². The number of nitrogens with zero attached hydrogens (tertiary/aromatic N) is 1. The third-order valence-electron chi connectivity index (χ3n) is 4.64. The summed E-state index contributed by atoms with van der Waals surface area (Å²) in [6.07, 6.45) is 0.539. The SMILES string of the molecule is CCCCN1C(=O)c2ccc(C(=O)OC(C)C(=O)Nc3ccccc3)cc2C1=O. The summed E-state index contributed by atoms with van der Waals surface area (Å²) in [4.78, 5) is 50.7. The number of anilines is 1. The van der Waals surface area contributed by atoms with Gasteiger partial charge in [-0.1, -0.05) is 31.5 Å². The number of rotatable bonds is 7. The molecule has 1 heterocycles. The molecule has 7 nitrogen and oxygen atoms in total. The molecule has 0 aliphatic carbocycles. The monoisotopic (exact) mass is 394 g/mol. The van der Waals surface area contributed by atoms with Gasteiger partial charge in [0.1, 0.15) is 0 Å². The molecule has 0 fully saturated rings. The van der Waals surface area contributed by atoms with E-state index in [0.29, 0.717) is 18.7 Å². The topological polar surface area (TPSA) is 92.8 Å². The van der Waals surface area contributed by atoms with Crippen LogP contribution in [0.3, 0.4) is 0 Å². The number of unbranched alkanes of at least 4 members (excludes halogenated alkanes) is 1. The quantitative estimate of drug-likeness (QED) is 0.575. The third-order valence-corrected chi connectivity index (χ3v) is 4.64. The second-order valence-electron chi connectivity index (χ2n) is 6.78. The van der Waals surface area contributed by atoms with Crippen molar-refractivity contribution in [3.63, 3.8) is 0 Å². The number of ether oxygens (including phenoxy) is 1. The summed E-state index contributed by atoms with van der Waals surface area (Å²) in [6.45, 7) is 3.78. The molecule has 150 valence electrons. The highest BCUT2D eigenvalue weighted by molar-refractivity contribution is 6.22. The summed E-state index contributed by atoms with van der Waals surface area (Å²) >= 11 is 0. The fourth-order valence-electron chi connectivity index (χ4n) is 2.98. The molecule has 0 bridgehead atoms. The van der Waals surface area contributed by atoms with Crippen LogP contribution in [0, 0.1) is 0 Å². The van der Waals surface area contributed by atoms with Crippen LogP contribution >= 0.6 is 0 Å². The number of amides is 3. The average Bonchev–Trinajstić information content (AvgIpc) is 2.96. The standard InChI is InChI=1S/C22H22N2O5/c1-3-4-12-24-20(26)17-11-10-15(13-18(17)21(24)27)22(28)29-14(2)19(25)23-16-8-6-5-7-9-16/h5-11,13-14H,3-4,12H2,1-2H3,(H,23,25). The molecule has 0 saturated carbocycles. The Balaban J connectivity index is 1.68. The maximum Gasteiger partial charge on any atom is 0.338 e. The smallest absolute Gasteiger partial charge is 0.338 e. The van der Waals surface area contributed by atoms with E-state index < -0.39 is 23.9 Å². The molecule has 0 saturated heterocycles. The largest absolute Gasteiger partial charge is 0.449 e. The molecule has 1 aliphatic heterocycles. The highest BCUT2D eigenvalue weighted by Gasteiger charge is 2.35. The van der Waals surface area contributed by atoms with Crippen molar-refractivity contribution in [2.45, 2.75) is 32.8 Å². The molecule has 0 radical (unpaired) electrons. The van der Waals surface area contributed by atoms with Gasteiger partial charge in [-0.3, -0.25) is 19.3 Å². The Kier molecular flexibility index (Phi) is 6.07. The average molecular weight is 394 g/mol. The van der Waals surface area contributed by atoms with Crippen molar-refractivity contribution < 1.29 is 23.9 Å². The molecule has 2 aromatic rings. The van der Waals surface area contributed by atoms with Crippen molar-refractivity contribution in [1.82, 2.24) is 4.90 Å². The number of hydrogen-bond donors (Lipinski definition) is 1. The van der Waals surface area contributed by atoms with Gasteiger partial charge in [0.25, 0.3) is 17.7 Å². The van der Waals surface area contributed by atoms with Crippen LogP contribution in [0.25, 0.3) is 0 Å². The zero-order chi connectivity index (χ0) is 21.0. The summed E-state index contributed by atoms with van der Waals surface area (Å²) in [5.41, 5.74) is 1.16. The zero-order valence-corrected chi connectivity index (χ0v) is 16.3. The van der Waals surface area contributed by atoms with Crippen LogP contribution < -0.4 is 5.32 Å². The number of carbonyl (C=O) groups is 4. The van der Waals surface area contributed by atoms with Crippen LogP contribution in [0.1, 0.15) is 57.8 Å². The maximum atomic E-state index is 12.5. The number of imide groups is 1. The number of nitrogens with one attached hydrogen (secondary N) is 1. The number of esters is 1. The lowest BCUT2D eigenvalue weighted by Gasteiger charge is -2.13. The maximum absolute atomic E-state index is 12.5. The first kappa shape index (κ1) is 20.3. The fourth-order valence-corrected chi connectivity index (χ4v) is 2.98. The lowest BCUT2D eigenvalue weighted by molar-refractivity contribution is -0.123. The molecular weight excluding hydrogens is 372 g/mol. The van der Waals surface area contributed by atoms with Gasteiger partial charge < -0.3 is 10.1 Å². The molecular formula is C22H22N2O5. The van der Waals surface area contributed by atoms with Gasteiger partial charge in [0.05, 0.1) is 16.7 Å². The lowest BCUT2D eigenvalue weighted by atomic mass is 10.1. The van der Waals surface area contributed by atoms with Gasteiger partial charge in [-0.2, -0.15) is 0 Å². The number of fused-ring (bicyclic) bond motifs is 1. The predicted octanol–water partition coefficient (Wildman–Crippen LogP) is 3.27. The van der Waals surface area contributed by atoms with Gasteiger partial charge in [0.2, 0.25) is 0 Å². The molecule has 3 rings (SSSR count). The van der Waals surface area contributed by atoms with Crippen molar-refractivity contribution in [2.24, 2.45) is 0 Å². The van der Waals surface area contributed by atoms with Gasteiger partial charge in [-0.25, -0.2) is 4.79 Å². The minimum absolute atomic E-state index is 0.113. The minimum Gasteiger partial charge on any atom is -0.449 e. The Morgan fingerprint density at radius 1 is 1.03 bits per heavy atom. The van der Waals surface area contributed by atoms with Crippen LogP contribution in [-0.4, -0.2) is 41.2 Å². The Hall–Kier alpha value is -3.48. The lowest BCUT2D eigenvalue weighted by Crippen LogP contribution is -2.30. The van der Waals surface area contributed by atoms with E-state index in [1.807, 2.05) is 13.0 Å². The Morgan fingerprint density at radius 3 is 2.41 bits per heavy atom. The summed E-state index contributed by atoms with van der Waals surface area (Å²) in [6, 6.07) is 13.1. The van der Waals surface area contributed by atoms with Crippen molar-refractivity contribution >= 4 is 29.4 Å². The van der Waals surface area contributed by atoms with Crippen LogP contribution in [0.15, 0.2) is 48.5 Å². The van der Waals surface area contributed by atoms with Crippen molar-refractivity contribution in [3.05, 3.63) is 65.2 Å². The highest BCUT2D eigenvalue weighted by Crippen LogP contribution is 2.25. The van der Waals surface area contributed by atoms with Gasteiger partial charge in [-0.05, 0) is 43.7 Å². The van der Waals surface area contributed by atoms with Crippen molar-refractivity contribution in [2.75, 3.05) is 11.9 Å². The molecule has 1 unspecified atom stereocenters. The van der Waals surface area contributed by atoms with E-state index >= 15 is 0 Å². The molecule has 1 atom stereocenters. The van der Waals surface area contributed by atoms with E-state index in [1.165, 1.54) is 30.0 Å². The number of benzene rings is 2. The number of para-hydroxylation sites is 1. The van der Waals surface area contributed by atoms with Gasteiger partial charge in [0.15, 0.2) is 6.10 Å². The third kappa shape index (κ3) is 4.34. The molecule has 0 aromatic heterocycles. The van der Waals surface area contributed by atoms with E-state index in [2.05, 4.69) is 5.32 Å². The fraction of sp³-hybridized carbons (Fsp3) is 0.273. The van der Waals surface area contributed by atoms with E-state index in [0.717, 1.165) is 6.42 Å². The molecule has 1 N–H and O–H groups in total.